The van der Waals surface area contributed by atoms with Gasteiger partial charge < -0.3 is 19.6 Å². The molecule has 1 fully saturated rings. The van der Waals surface area contributed by atoms with E-state index in [4.69, 9.17) is 9.79 Å². The predicted octanol–water partition coefficient (Wildman–Crippen LogP) is 4.06. The van der Waals surface area contributed by atoms with Gasteiger partial charge in [-0.3, -0.25) is 24.2 Å². The molecule has 1 unspecified atom stereocenters. The smallest absolute Gasteiger partial charge is 0.404 e. The number of carbonyl (C=O) groups is 3. The highest BCUT2D eigenvalue weighted by atomic mass is 31.2. The van der Waals surface area contributed by atoms with E-state index in [1.54, 1.807) is 24.0 Å². The predicted molar refractivity (Wildman–Crippen MR) is 156 cm³/mol. The van der Waals surface area contributed by atoms with E-state index in [1.165, 1.54) is 18.2 Å². The molecule has 3 amide bonds. The van der Waals surface area contributed by atoms with E-state index in [0.29, 0.717) is 37.1 Å². The number of carbonyl (C=O) groups excluding carboxylic acids is 3. The molecule has 0 aliphatic carbocycles. The van der Waals surface area contributed by atoms with Gasteiger partial charge in [0.1, 0.15) is 17.8 Å². The molecule has 0 spiro atoms. The molecular weight excluding hydrogens is 545 g/mol. The molecule has 3 N–H and O–H groups in total. The van der Waals surface area contributed by atoms with Gasteiger partial charge in [0, 0.05) is 24.9 Å². The number of para-hydroxylation sites is 1. The largest absolute Gasteiger partial charge is 0.524 e. The summed E-state index contributed by atoms with van der Waals surface area (Å²) in [7, 11) is -4.67. The molecule has 0 aromatic heterocycles. The van der Waals surface area contributed by atoms with E-state index < -0.39 is 31.2 Å². The first-order chi connectivity index (χ1) is 19.2. The first kappa shape index (κ1) is 30.5. The molecule has 2 aliphatic rings. The second-order valence-corrected chi connectivity index (χ2v) is 12.8. The van der Waals surface area contributed by atoms with Crippen molar-refractivity contribution in [3.8, 4) is 5.75 Å². The van der Waals surface area contributed by atoms with Crippen LogP contribution in [0.4, 0.5) is 5.69 Å². The van der Waals surface area contributed by atoms with E-state index in [9.17, 15) is 18.9 Å². The second-order valence-electron chi connectivity index (χ2n) is 11.7. The molecule has 0 bridgehead atoms. The molecule has 2 heterocycles. The van der Waals surface area contributed by atoms with Gasteiger partial charge in [0.2, 0.25) is 17.7 Å². The van der Waals surface area contributed by atoms with Gasteiger partial charge in [-0.15, -0.1) is 0 Å². The van der Waals surface area contributed by atoms with Crippen LogP contribution in [0.5, 0.6) is 5.75 Å². The fourth-order valence-electron chi connectivity index (χ4n) is 5.42. The van der Waals surface area contributed by atoms with Crippen LogP contribution < -0.4 is 14.7 Å². The van der Waals surface area contributed by atoms with E-state index in [0.717, 1.165) is 24.1 Å². The maximum atomic E-state index is 13.9. The molecule has 2 atom stereocenters. The summed E-state index contributed by atoms with van der Waals surface area (Å²) in [4.78, 5) is 62.1. The molecule has 41 heavy (non-hydrogen) atoms. The SMILES string of the molecule is C/C(=C\C(=O)N[C@H](C(=O)N1CCCC1C(=O)N1CCCc2ccccc21)C(C)(C)C)c1ccc(OP(=O)(O)O)cc1. The number of nitrogens with zero attached hydrogens (tertiary/aromatic N) is 2. The van der Waals surface area contributed by atoms with E-state index in [2.05, 4.69) is 9.84 Å². The van der Waals surface area contributed by atoms with Gasteiger partial charge in [-0.1, -0.05) is 51.1 Å². The third kappa shape index (κ3) is 7.44. The Hall–Kier alpha value is -3.46. The number of allylic oxidation sites excluding steroid dienone is 1. The minimum atomic E-state index is -4.67. The van der Waals surface area contributed by atoms with Gasteiger partial charge >= 0.3 is 7.82 Å². The molecule has 4 rings (SSSR count). The Bertz CT molecular complexity index is 1380. The molecule has 0 saturated carbocycles. The van der Waals surface area contributed by atoms with Gasteiger partial charge in [0.15, 0.2) is 0 Å². The van der Waals surface area contributed by atoms with Crippen LogP contribution in [0, 0.1) is 5.41 Å². The zero-order valence-corrected chi connectivity index (χ0v) is 24.8. The zero-order chi connectivity index (χ0) is 29.9. The van der Waals surface area contributed by atoms with Crippen molar-refractivity contribution < 1.29 is 33.3 Å². The van der Waals surface area contributed by atoms with Crippen molar-refractivity contribution in [1.82, 2.24) is 10.2 Å². The van der Waals surface area contributed by atoms with Gasteiger partial charge in [-0.2, -0.15) is 0 Å². The maximum Gasteiger partial charge on any atom is 0.524 e. The summed E-state index contributed by atoms with van der Waals surface area (Å²) in [6, 6.07) is 12.4. The molecule has 10 nitrogen and oxygen atoms in total. The maximum absolute atomic E-state index is 13.9. The highest BCUT2D eigenvalue weighted by molar-refractivity contribution is 7.46. The van der Waals surface area contributed by atoms with Gasteiger partial charge in [-0.25, -0.2) is 4.57 Å². The zero-order valence-electron chi connectivity index (χ0n) is 23.9. The Labute approximate surface area is 240 Å². The quantitative estimate of drug-likeness (QED) is 0.330. The first-order valence-electron chi connectivity index (χ1n) is 13.8. The van der Waals surface area contributed by atoms with Crippen molar-refractivity contribution in [2.45, 2.75) is 65.5 Å². The van der Waals surface area contributed by atoms with Crippen LogP contribution in [0.2, 0.25) is 0 Å². The number of rotatable bonds is 7. The van der Waals surface area contributed by atoms with Crippen molar-refractivity contribution in [1.29, 1.82) is 0 Å². The monoisotopic (exact) mass is 583 g/mol. The van der Waals surface area contributed by atoms with Crippen LogP contribution in [-0.2, 0) is 25.4 Å². The number of likely N-dealkylation sites (tertiary alicyclic amines) is 1. The standard InChI is InChI=1S/C30H38N3O7P/c1-20(21-13-15-23(16-14-21)40-41(37,38)39)19-26(34)31-27(30(2,3)4)29(36)33-18-8-12-25(33)28(35)32-17-7-10-22-9-5-6-11-24(22)32/h5-6,9,11,13-16,19,25,27H,7-8,10,12,17-18H2,1-4H3,(H,31,34)(H2,37,38,39)/b20-19+/t25?,27-/m1/s1. The van der Waals surface area contributed by atoms with Crippen LogP contribution in [-0.4, -0.2) is 57.6 Å². The van der Waals surface area contributed by atoms with Crippen molar-refractivity contribution in [3.05, 3.63) is 65.7 Å². The number of nitrogens with one attached hydrogen (secondary N) is 1. The number of hydrogen-bond donors (Lipinski definition) is 3. The summed E-state index contributed by atoms with van der Waals surface area (Å²) in [6.45, 7) is 8.41. The molecule has 1 saturated heterocycles. The average molecular weight is 584 g/mol. The fourth-order valence-corrected chi connectivity index (χ4v) is 5.82. The van der Waals surface area contributed by atoms with Crippen molar-refractivity contribution in [3.63, 3.8) is 0 Å². The normalized spacial score (nSPS) is 18.5. The van der Waals surface area contributed by atoms with E-state index in [1.807, 2.05) is 49.9 Å². The fraction of sp³-hybridized carbons (Fsp3) is 0.433. The number of phosphoric ester groups is 1. The minimum Gasteiger partial charge on any atom is -0.404 e. The third-order valence-corrected chi connectivity index (χ3v) is 7.93. The highest BCUT2D eigenvalue weighted by Gasteiger charge is 2.43. The number of anilines is 1. The Morgan fingerprint density at radius 2 is 1.73 bits per heavy atom. The average Bonchev–Trinajstić information content (AvgIpc) is 3.39. The molecule has 2 aromatic rings. The highest BCUT2D eigenvalue weighted by Crippen LogP contribution is 2.37. The first-order valence-corrected chi connectivity index (χ1v) is 15.3. The topological polar surface area (TPSA) is 136 Å². The summed E-state index contributed by atoms with van der Waals surface area (Å²) in [5.74, 6) is -0.820. The van der Waals surface area contributed by atoms with Crippen molar-refractivity contribution in [2.24, 2.45) is 5.41 Å². The number of fused-ring (bicyclic) bond motifs is 1. The van der Waals surface area contributed by atoms with Crippen LogP contribution >= 0.6 is 7.82 Å². The van der Waals surface area contributed by atoms with E-state index >= 15 is 0 Å². The lowest BCUT2D eigenvalue weighted by Crippen LogP contribution is -2.58. The van der Waals surface area contributed by atoms with Crippen molar-refractivity contribution >= 4 is 36.8 Å². The van der Waals surface area contributed by atoms with Crippen LogP contribution in [0.15, 0.2) is 54.6 Å². The Morgan fingerprint density at radius 1 is 1.05 bits per heavy atom. The van der Waals surface area contributed by atoms with Gasteiger partial charge in [0.05, 0.1) is 0 Å². The molecular formula is C30H38N3O7P. The van der Waals surface area contributed by atoms with Crippen LogP contribution in [0.3, 0.4) is 0 Å². The number of benzene rings is 2. The van der Waals surface area contributed by atoms with Crippen LogP contribution in [0.1, 0.15) is 58.1 Å². The minimum absolute atomic E-state index is 0.000448. The third-order valence-electron chi connectivity index (χ3n) is 7.48. The number of aryl methyl sites for hydroxylation is 1. The summed E-state index contributed by atoms with van der Waals surface area (Å²) in [5, 5.41) is 2.87. The van der Waals surface area contributed by atoms with Gasteiger partial charge in [0.25, 0.3) is 0 Å². The summed E-state index contributed by atoms with van der Waals surface area (Å²) >= 11 is 0. The molecule has 2 aliphatic heterocycles. The Kier molecular flexibility index (Phi) is 9.07. The number of hydrogen-bond acceptors (Lipinski definition) is 5. The number of amides is 3. The summed E-state index contributed by atoms with van der Waals surface area (Å²) < 4.78 is 15.6. The lowest BCUT2D eigenvalue weighted by atomic mass is 9.85. The second kappa shape index (κ2) is 12.2. The van der Waals surface area contributed by atoms with Crippen molar-refractivity contribution in [2.75, 3.05) is 18.0 Å². The van der Waals surface area contributed by atoms with Gasteiger partial charge in [-0.05, 0) is 72.9 Å². The molecule has 2 aromatic carbocycles. The number of phosphoric acid groups is 1. The summed E-state index contributed by atoms with van der Waals surface area (Å²) in [5.41, 5.74) is 2.65. The Morgan fingerprint density at radius 3 is 2.39 bits per heavy atom. The molecule has 0 radical (unpaired) electrons. The Balaban J connectivity index is 1.49. The summed E-state index contributed by atoms with van der Waals surface area (Å²) in [6.07, 6.45) is 4.46. The van der Waals surface area contributed by atoms with E-state index in [-0.39, 0.29) is 17.6 Å². The molecule has 220 valence electrons. The van der Waals surface area contributed by atoms with Crippen LogP contribution in [0.25, 0.3) is 5.57 Å². The lowest BCUT2D eigenvalue weighted by molar-refractivity contribution is -0.142. The lowest BCUT2D eigenvalue weighted by Gasteiger charge is -2.37. The molecule has 11 heteroatoms.